The summed E-state index contributed by atoms with van der Waals surface area (Å²) in [6.07, 6.45) is 1.70. The van der Waals surface area contributed by atoms with E-state index in [0.717, 1.165) is 17.8 Å². The molecule has 3 nitrogen and oxygen atoms in total. The highest BCUT2D eigenvalue weighted by molar-refractivity contribution is 6.33. The second-order valence-electron chi connectivity index (χ2n) is 5.65. The molecule has 1 heterocycles. The molecule has 0 radical (unpaired) electrons. The third-order valence-corrected chi connectivity index (χ3v) is 3.53. The molecular weight excluding hydrogens is 260 g/mol. The van der Waals surface area contributed by atoms with E-state index in [9.17, 15) is 0 Å². The Kier molecular flexibility index (Phi) is 3.97. The maximum atomic E-state index is 6.14. The quantitative estimate of drug-likeness (QED) is 0.841. The van der Waals surface area contributed by atoms with Crippen LogP contribution < -0.4 is 0 Å². The molecule has 0 bridgehead atoms. The van der Waals surface area contributed by atoms with Crippen molar-refractivity contribution < 1.29 is 4.42 Å². The average Bonchev–Trinajstić information content (AvgIpc) is 2.76. The Hall–Kier alpha value is -1.32. The Labute approximate surface area is 119 Å². The van der Waals surface area contributed by atoms with Crippen LogP contribution in [0.2, 0.25) is 5.02 Å². The SMILES string of the molecule is CN(Cc1coc(-c2ccccc2Cl)n1)C(C)(C)C. The van der Waals surface area contributed by atoms with Gasteiger partial charge in [-0.15, -0.1) is 0 Å². The zero-order chi connectivity index (χ0) is 14.0. The lowest BCUT2D eigenvalue weighted by atomic mass is 10.1. The van der Waals surface area contributed by atoms with Crippen LogP contribution in [-0.2, 0) is 6.54 Å². The zero-order valence-corrected chi connectivity index (χ0v) is 12.5. The van der Waals surface area contributed by atoms with Crippen molar-refractivity contribution in [1.82, 2.24) is 9.88 Å². The number of hydrogen-bond acceptors (Lipinski definition) is 3. The molecule has 0 amide bonds. The van der Waals surface area contributed by atoms with Crippen molar-refractivity contribution in [3.8, 4) is 11.5 Å². The fourth-order valence-corrected chi connectivity index (χ4v) is 1.83. The summed E-state index contributed by atoms with van der Waals surface area (Å²) in [7, 11) is 2.07. The predicted molar refractivity (Wildman–Crippen MR) is 78.2 cm³/mol. The molecule has 0 aliphatic rings. The number of benzene rings is 1. The van der Waals surface area contributed by atoms with Gasteiger partial charge in [0.05, 0.1) is 16.3 Å². The van der Waals surface area contributed by atoms with Crippen LogP contribution in [0.1, 0.15) is 26.5 Å². The maximum Gasteiger partial charge on any atom is 0.227 e. The summed E-state index contributed by atoms with van der Waals surface area (Å²) in [4.78, 5) is 6.73. The molecule has 0 saturated heterocycles. The number of hydrogen-bond donors (Lipinski definition) is 0. The van der Waals surface area contributed by atoms with Gasteiger partial charge in [0.15, 0.2) is 0 Å². The van der Waals surface area contributed by atoms with E-state index < -0.39 is 0 Å². The van der Waals surface area contributed by atoms with Crippen molar-refractivity contribution in [2.45, 2.75) is 32.9 Å². The fourth-order valence-electron chi connectivity index (χ4n) is 1.62. The number of oxazole rings is 1. The van der Waals surface area contributed by atoms with Crippen molar-refractivity contribution >= 4 is 11.6 Å². The zero-order valence-electron chi connectivity index (χ0n) is 11.8. The Morgan fingerprint density at radius 2 is 1.95 bits per heavy atom. The first-order valence-corrected chi connectivity index (χ1v) is 6.66. The van der Waals surface area contributed by atoms with E-state index in [0.29, 0.717) is 10.9 Å². The van der Waals surface area contributed by atoms with E-state index in [4.69, 9.17) is 16.0 Å². The van der Waals surface area contributed by atoms with Gasteiger partial charge in [-0.2, -0.15) is 0 Å². The summed E-state index contributed by atoms with van der Waals surface area (Å²) >= 11 is 6.14. The molecule has 2 rings (SSSR count). The predicted octanol–water partition coefficient (Wildman–Crippen LogP) is 4.23. The first kappa shape index (κ1) is 14.1. The molecule has 0 fully saturated rings. The smallest absolute Gasteiger partial charge is 0.227 e. The molecule has 19 heavy (non-hydrogen) atoms. The lowest BCUT2D eigenvalue weighted by molar-refractivity contribution is 0.165. The van der Waals surface area contributed by atoms with Gasteiger partial charge in [-0.25, -0.2) is 4.98 Å². The largest absolute Gasteiger partial charge is 0.444 e. The van der Waals surface area contributed by atoms with Crippen molar-refractivity contribution in [1.29, 1.82) is 0 Å². The monoisotopic (exact) mass is 278 g/mol. The van der Waals surface area contributed by atoms with E-state index in [1.54, 1.807) is 6.26 Å². The van der Waals surface area contributed by atoms with E-state index in [2.05, 4.69) is 37.7 Å². The summed E-state index contributed by atoms with van der Waals surface area (Å²) in [5, 5.41) is 0.653. The normalized spacial score (nSPS) is 12.1. The van der Waals surface area contributed by atoms with Crippen LogP contribution in [0.25, 0.3) is 11.5 Å². The molecule has 0 spiro atoms. The second kappa shape index (κ2) is 5.35. The Balaban J connectivity index is 2.19. The van der Waals surface area contributed by atoms with Crippen LogP contribution in [-0.4, -0.2) is 22.5 Å². The molecule has 2 aromatic rings. The fraction of sp³-hybridized carbons (Fsp3) is 0.400. The van der Waals surface area contributed by atoms with E-state index >= 15 is 0 Å². The summed E-state index contributed by atoms with van der Waals surface area (Å²) in [5.74, 6) is 0.572. The highest BCUT2D eigenvalue weighted by atomic mass is 35.5. The lowest BCUT2D eigenvalue weighted by Crippen LogP contribution is -2.37. The molecule has 0 saturated carbocycles. The number of aromatic nitrogens is 1. The number of halogens is 1. The minimum Gasteiger partial charge on any atom is -0.444 e. The summed E-state index contributed by atoms with van der Waals surface area (Å²) in [6.45, 7) is 7.25. The molecule has 102 valence electrons. The first-order chi connectivity index (χ1) is 8.88. The minimum atomic E-state index is 0.101. The van der Waals surface area contributed by atoms with Gasteiger partial charge in [-0.05, 0) is 40.0 Å². The number of nitrogens with zero attached hydrogens (tertiary/aromatic N) is 2. The van der Waals surface area contributed by atoms with Gasteiger partial charge in [-0.1, -0.05) is 23.7 Å². The lowest BCUT2D eigenvalue weighted by Gasteiger charge is -2.30. The van der Waals surface area contributed by atoms with Gasteiger partial charge in [0.1, 0.15) is 6.26 Å². The Morgan fingerprint density at radius 1 is 1.26 bits per heavy atom. The van der Waals surface area contributed by atoms with Gasteiger partial charge < -0.3 is 4.42 Å². The Morgan fingerprint density at radius 3 is 2.58 bits per heavy atom. The van der Waals surface area contributed by atoms with Gasteiger partial charge in [0.2, 0.25) is 5.89 Å². The molecule has 1 aromatic carbocycles. The summed E-state index contributed by atoms with van der Waals surface area (Å²) in [6, 6.07) is 7.56. The third-order valence-electron chi connectivity index (χ3n) is 3.20. The van der Waals surface area contributed by atoms with Crippen molar-refractivity contribution in [3.63, 3.8) is 0 Å². The molecule has 4 heteroatoms. The maximum absolute atomic E-state index is 6.14. The standard InChI is InChI=1S/C15H19ClN2O/c1-15(2,3)18(4)9-11-10-19-14(17-11)12-7-5-6-8-13(12)16/h5-8,10H,9H2,1-4H3. The molecular formula is C15H19ClN2O. The van der Waals surface area contributed by atoms with Gasteiger partial charge in [-0.3, -0.25) is 4.90 Å². The van der Waals surface area contributed by atoms with Gasteiger partial charge in [0, 0.05) is 12.1 Å². The highest BCUT2D eigenvalue weighted by Crippen LogP contribution is 2.27. The van der Waals surface area contributed by atoms with E-state index in [1.165, 1.54) is 0 Å². The first-order valence-electron chi connectivity index (χ1n) is 6.28. The molecule has 1 aromatic heterocycles. The van der Waals surface area contributed by atoms with Crippen molar-refractivity contribution in [2.75, 3.05) is 7.05 Å². The number of rotatable bonds is 3. The van der Waals surface area contributed by atoms with Crippen LogP contribution >= 0.6 is 11.6 Å². The summed E-state index contributed by atoms with van der Waals surface area (Å²) in [5.41, 5.74) is 1.84. The van der Waals surface area contributed by atoms with Gasteiger partial charge >= 0.3 is 0 Å². The molecule has 0 atom stereocenters. The van der Waals surface area contributed by atoms with Crippen molar-refractivity contribution in [2.24, 2.45) is 0 Å². The van der Waals surface area contributed by atoms with E-state index in [1.807, 2.05) is 24.3 Å². The second-order valence-corrected chi connectivity index (χ2v) is 6.06. The molecule has 0 N–H and O–H groups in total. The topological polar surface area (TPSA) is 29.3 Å². The minimum absolute atomic E-state index is 0.101. The van der Waals surface area contributed by atoms with Crippen LogP contribution in [0.4, 0.5) is 0 Å². The third kappa shape index (κ3) is 3.37. The van der Waals surface area contributed by atoms with Crippen molar-refractivity contribution in [3.05, 3.63) is 41.2 Å². The van der Waals surface area contributed by atoms with Crippen LogP contribution in [0.5, 0.6) is 0 Å². The van der Waals surface area contributed by atoms with Crippen LogP contribution in [0.3, 0.4) is 0 Å². The molecule has 0 aliphatic carbocycles. The molecule has 0 aliphatic heterocycles. The van der Waals surface area contributed by atoms with Crippen LogP contribution in [0.15, 0.2) is 34.9 Å². The summed E-state index contributed by atoms with van der Waals surface area (Å²) < 4.78 is 5.52. The molecule has 0 unspecified atom stereocenters. The van der Waals surface area contributed by atoms with E-state index in [-0.39, 0.29) is 5.54 Å². The van der Waals surface area contributed by atoms with Gasteiger partial charge in [0.25, 0.3) is 0 Å². The Bertz CT molecular complexity index is 557. The van der Waals surface area contributed by atoms with Crippen LogP contribution in [0, 0.1) is 0 Å². The highest BCUT2D eigenvalue weighted by Gasteiger charge is 2.19. The average molecular weight is 279 g/mol.